The molecule has 0 aliphatic carbocycles. The maximum Gasteiger partial charge on any atom is 0.339 e. The molecule has 2 atom stereocenters. The van der Waals surface area contributed by atoms with E-state index in [-0.39, 0.29) is 0 Å². The number of aromatic nitrogens is 2. The van der Waals surface area contributed by atoms with Crippen LogP contribution in [0.4, 0.5) is 0 Å². The normalized spacial score (nSPS) is 23.9. The van der Waals surface area contributed by atoms with E-state index in [0.717, 1.165) is 31.6 Å². The first kappa shape index (κ1) is 15.0. The molecule has 1 aromatic rings. The molecular weight excluding hydrogens is 256 g/mol. The molecule has 1 aliphatic heterocycles. The van der Waals surface area contributed by atoms with Gasteiger partial charge in [-0.2, -0.15) is 5.10 Å². The Morgan fingerprint density at radius 2 is 2.25 bits per heavy atom. The summed E-state index contributed by atoms with van der Waals surface area (Å²) < 4.78 is 1.68. The fourth-order valence-electron chi connectivity index (χ4n) is 2.82. The number of aryl methyl sites for hydroxylation is 1. The van der Waals surface area contributed by atoms with Gasteiger partial charge in [0, 0.05) is 38.8 Å². The topological polar surface area (TPSA) is 70.4 Å². The Morgan fingerprint density at radius 1 is 1.50 bits per heavy atom. The van der Waals surface area contributed by atoms with Crippen LogP contribution in [0, 0.1) is 0 Å². The molecule has 20 heavy (non-hydrogen) atoms. The van der Waals surface area contributed by atoms with Gasteiger partial charge >= 0.3 is 5.97 Å². The van der Waals surface area contributed by atoms with Crippen LogP contribution in [0.15, 0.2) is 6.20 Å². The lowest BCUT2D eigenvalue weighted by atomic mass is 10.0. The Hall–Kier alpha value is -1.40. The molecule has 1 aliphatic rings. The van der Waals surface area contributed by atoms with E-state index in [2.05, 4.69) is 29.2 Å². The lowest BCUT2D eigenvalue weighted by Gasteiger charge is -2.40. The van der Waals surface area contributed by atoms with Crippen molar-refractivity contribution in [2.24, 2.45) is 7.05 Å². The van der Waals surface area contributed by atoms with Crippen molar-refractivity contribution in [1.82, 2.24) is 20.0 Å². The minimum absolute atomic E-state index is 0.314. The minimum atomic E-state index is -0.900. The van der Waals surface area contributed by atoms with Crippen molar-refractivity contribution >= 4 is 5.97 Å². The van der Waals surface area contributed by atoms with Crippen molar-refractivity contribution < 1.29 is 9.90 Å². The van der Waals surface area contributed by atoms with Crippen LogP contribution >= 0.6 is 0 Å². The van der Waals surface area contributed by atoms with E-state index in [1.165, 1.54) is 6.20 Å². The first-order valence-electron chi connectivity index (χ1n) is 7.28. The van der Waals surface area contributed by atoms with Gasteiger partial charge in [0.2, 0.25) is 0 Å². The van der Waals surface area contributed by atoms with Gasteiger partial charge < -0.3 is 10.4 Å². The number of hydrogen-bond donors (Lipinski definition) is 2. The third-order valence-electron chi connectivity index (χ3n) is 4.22. The molecular formula is C14H24N4O2. The lowest BCUT2D eigenvalue weighted by Crippen LogP contribution is -2.55. The molecule has 1 saturated heterocycles. The molecule has 0 aromatic carbocycles. The van der Waals surface area contributed by atoms with Crippen LogP contribution in [-0.2, 0) is 13.6 Å². The summed E-state index contributed by atoms with van der Waals surface area (Å²) in [6, 6.07) is 0.939. The minimum Gasteiger partial charge on any atom is -0.478 e. The molecule has 0 amide bonds. The number of aromatic carboxylic acids is 1. The summed E-state index contributed by atoms with van der Waals surface area (Å²) in [4.78, 5) is 13.6. The number of carbonyl (C=O) groups is 1. The highest BCUT2D eigenvalue weighted by molar-refractivity contribution is 5.88. The van der Waals surface area contributed by atoms with Gasteiger partial charge in [-0.15, -0.1) is 0 Å². The molecule has 0 spiro atoms. The molecule has 0 radical (unpaired) electrons. The highest BCUT2D eigenvalue weighted by atomic mass is 16.4. The van der Waals surface area contributed by atoms with Crippen molar-refractivity contribution in [1.29, 1.82) is 0 Å². The van der Waals surface area contributed by atoms with Gasteiger partial charge in [-0.25, -0.2) is 4.79 Å². The molecule has 1 fully saturated rings. The molecule has 0 saturated carbocycles. The van der Waals surface area contributed by atoms with E-state index in [4.69, 9.17) is 0 Å². The fraction of sp³-hybridized carbons (Fsp3) is 0.714. The SMILES string of the molecule is CCC1CN(Cc2c(C(=O)O)cnn2C)C(CC)CN1. The highest BCUT2D eigenvalue weighted by Crippen LogP contribution is 2.18. The average Bonchev–Trinajstić information content (AvgIpc) is 2.80. The zero-order chi connectivity index (χ0) is 14.7. The van der Waals surface area contributed by atoms with Crippen LogP contribution in [0.5, 0.6) is 0 Å². The van der Waals surface area contributed by atoms with Gasteiger partial charge in [0.25, 0.3) is 0 Å². The second kappa shape index (κ2) is 6.37. The van der Waals surface area contributed by atoms with Crippen molar-refractivity contribution in [3.63, 3.8) is 0 Å². The quantitative estimate of drug-likeness (QED) is 0.844. The number of hydrogen-bond acceptors (Lipinski definition) is 4. The van der Waals surface area contributed by atoms with Crippen LogP contribution in [-0.4, -0.2) is 50.9 Å². The molecule has 2 rings (SSSR count). The van der Waals surface area contributed by atoms with E-state index in [9.17, 15) is 9.90 Å². The Kier molecular flexibility index (Phi) is 4.77. The summed E-state index contributed by atoms with van der Waals surface area (Å²) in [6.07, 6.45) is 3.59. The van der Waals surface area contributed by atoms with Crippen LogP contribution in [0.2, 0.25) is 0 Å². The third kappa shape index (κ3) is 3.02. The molecule has 0 bridgehead atoms. The molecule has 6 heteroatoms. The number of nitrogens with one attached hydrogen (secondary N) is 1. The summed E-state index contributed by atoms with van der Waals surface area (Å²) in [5, 5.41) is 16.9. The van der Waals surface area contributed by atoms with Gasteiger partial charge in [-0.05, 0) is 12.8 Å². The van der Waals surface area contributed by atoms with Crippen LogP contribution in [0.3, 0.4) is 0 Å². The smallest absolute Gasteiger partial charge is 0.339 e. The standard InChI is InChI=1S/C14H24N4O2/c1-4-10-8-18(11(5-2)6-15-10)9-13-12(14(19)20)7-16-17(13)3/h7,10-11,15H,4-6,8-9H2,1-3H3,(H,19,20). The maximum absolute atomic E-state index is 11.3. The predicted octanol–water partition coefficient (Wildman–Crippen LogP) is 1.08. The number of rotatable bonds is 5. The summed E-state index contributed by atoms with van der Waals surface area (Å²) in [6.45, 7) is 6.92. The van der Waals surface area contributed by atoms with Crippen molar-refractivity contribution in [2.45, 2.75) is 45.3 Å². The zero-order valence-electron chi connectivity index (χ0n) is 12.5. The van der Waals surface area contributed by atoms with Gasteiger partial charge in [-0.3, -0.25) is 9.58 Å². The molecule has 2 N–H and O–H groups in total. The Bertz CT molecular complexity index is 472. The largest absolute Gasteiger partial charge is 0.478 e. The summed E-state index contributed by atoms with van der Waals surface area (Å²) >= 11 is 0. The average molecular weight is 280 g/mol. The van der Waals surface area contributed by atoms with Gasteiger partial charge in [0.05, 0.1) is 11.9 Å². The number of nitrogens with zero attached hydrogens (tertiary/aromatic N) is 3. The van der Waals surface area contributed by atoms with Crippen molar-refractivity contribution in [2.75, 3.05) is 13.1 Å². The van der Waals surface area contributed by atoms with E-state index in [0.29, 0.717) is 24.2 Å². The van der Waals surface area contributed by atoms with E-state index < -0.39 is 5.97 Å². The van der Waals surface area contributed by atoms with Crippen LogP contribution in [0.25, 0.3) is 0 Å². The third-order valence-corrected chi connectivity index (χ3v) is 4.22. The first-order chi connectivity index (χ1) is 9.56. The lowest BCUT2D eigenvalue weighted by molar-refractivity contribution is 0.0690. The van der Waals surface area contributed by atoms with Crippen LogP contribution in [0.1, 0.15) is 42.7 Å². The maximum atomic E-state index is 11.3. The zero-order valence-corrected chi connectivity index (χ0v) is 12.5. The van der Waals surface area contributed by atoms with Gasteiger partial charge in [-0.1, -0.05) is 13.8 Å². The summed E-state index contributed by atoms with van der Waals surface area (Å²) in [7, 11) is 1.81. The molecule has 2 unspecified atom stereocenters. The number of carboxylic acid groups (broad SMARTS) is 1. The molecule has 112 valence electrons. The van der Waals surface area contributed by atoms with Gasteiger partial charge in [0.1, 0.15) is 5.56 Å². The van der Waals surface area contributed by atoms with E-state index >= 15 is 0 Å². The Labute approximate surface area is 119 Å². The van der Waals surface area contributed by atoms with Crippen LogP contribution < -0.4 is 5.32 Å². The number of carboxylic acids is 1. The Balaban J connectivity index is 2.18. The summed E-state index contributed by atoms with van der Waals surface area (Å²) in [5.74, 6) is -0.900. The predicted molar refractivity (Wildman–Crippen MR) is 76.7 cm³/mol. The molecule has 2 heterocycles. The number of piperazine rings is 1. The molecule has 1 aromatic heterocycles. The molecule has 6 nitrogen and oxygen atoms in total. The second-order valence-electron chi connectivity index (χ2n) is 5.44. The Morgan fingerprint density at radius 3 is 2.85 bits per heavy atom. The monoisotopic (exact) mass is 280 g/mol. The second-order valence-corrected chi connectivity index (χ2v) is 5.44. The van der Waals surface area contributed by atoms with Gasteiger partial charge in [0.15, 0.2) is 0 Å². The first-order valence-corrected chi connectivity index (χ1v) is 7.28. The van der Waals surface area contributed by atoms with Crippen molar-refractivity contribution in [3.8, 4) is 0 Å². The highest BCUT2D eigenvalue weighted by Gasteiger charge is 2.28. The van der Waals surface area contributed by atoms with E-state index in [1.54, 1.807) is 4.68 Å². The van der Waals surface area contributed by atoms with E-state index in [1.807, 2.05) is 7.05 Å². The van der Waals surface area contributed by atoms with Crippen molar-refractivity contribution in [3.05, 3.63) is 17.5 Å². The fourth-order valence-corrected chi connectivity index (χ4v) is 2.82. The summed E-state index contributed by atoms with van der Waals surface area (Å²) in [5.41, 5.74) is 1.10.